The van der Waals surface area contributed by atoms with E-state index in [0.717, 1.165) is 38.9 Å². The Balaban J connectivity index is 1.62. The predicted molar refractivity (Wildman–Crippen MR) is 87.7 cm³/mol. The Morgan fingerprint density at radius 3 is 2.87 bits per heavy atom. The van der Waals surface area contributed by atoms with Crippen molar-refractivity contribution < 1.29 is 14.6 Å². The van der Waals surface area contributed by atoms with E-state index in [1.54, 1.807) is 0 Å². The maximum absolute atomic E-state index is 12.5. The van der Waals surface area contributed by atoms with E-state index in [9.17, 15) is 9.90 Å². The van der Waals surface area contributed by atoms with Crippen molar-refractivity contribution in [2.75, 3.05) is 19.6 Å². The molecule has 0 amide bonds. The molecule has 0 aromatic rings. The van der Waals surface area contributed by atoms with Crippen molar-refractivity contribution in [2.45, 2.75) is 58.2 Å². The highest BCUT2D eigenvalue weighted by Gasteiger charge is 2.59. The third-order valence-electron chi connectivity index (χ3n) is 7.22. The number of aliphatic hydroxyl groups excluding tert-OH is 1. The summed E-state index contributed by atoms with van der Waals surface area (Å²) >= 11 is 0. The molecular formula is C19H29NO3. The lowest BCUT2D eigenvalue weighted by Crippen LogP contribution is -2.54. The number of carbonyl (C=O) groups excluding carboxylic acids is 1. The second kappa shape index (κ2) is 5.59. The van der Waals surface area contributed by atoms with Gasteiger partial charge in [-0.05, 0) is 44.7 Å². The number of ether oxygens (including phenoxy) is 1. The molecule has 4 aliphatic rings. The molecule has 0 spiro atoms. The molecule has 0 aromatic heterocycles. The summed E-state index contributed by atoms with van der Waals surface area (Å²) in [5, 5.41) is 11.3. The minimum atomic E-state index is -0.471. The Labute approximate surface area is 138 Å². The van der Waals surface area contributed by atoms with Gasteiger partial charge in [0, 0.05) is 24.3 Å². The lowest BCUT2D eigenvalue weighted by molar-refractivity contribution is -0.145. The predicted octanol–water partition coefficient (Wildman–Crippen LogP) is 2.37. The van der Waals surface area contributed by atoms with E-state index in [1.165, 1.54) is 18.4 Å². The van der Waals surface area contributed by atoms with Gasteiger partial charge in [-0.1, -0.05) is 25.5 Å². The first-order chi connectivity index (χ1) is 11.0. The highest BCUT2D eigenvalue weighted by molar-refractivity contribution is 5.76. The third kappa shape index (κ3) is 2.29. The maximum Gasteiger partial charge on any atom is 0.311 e. The van der Waals surface area contributed by atoms with Crippen LogP contribution in [0.2, 0.25) is 0 Å². The maximum atomic E-state index is 12.5. The second-order valence-electron chi connectivity index (χ2n) is 8.31. The zero-order valence-electron chi connectivity index (χ0n) is 14.3. The summed E-state index contributed by atoms with van der Waals surface area (Å²) in [5.41, 5.74) is 1.14. The van der Waals surface area contributed by atoms with Crippen molar-refractivity contribution >= 4 is 5.97 Å². The molecule has 1 N–H and O–H groups in total. The standard InChI is InChI=1S/C19H29NO3/c1-12-6-5-7-13-10-15-16(17(21)19(12,13)2)14(18(22)23-15)11-20-8-3-4-9-20/h7,12,14-17,21H,3-6,8-11H2,1-2H3. The quantitative estimate of drug-likeness (QED) is 0.627. The SMILES string of the molecule is CC1CCC=C2CC3OC(=O)C(CN4CCCC4)C3C(O)C21C. The summed E-state index contributed by atoms with van der Waals surface area (Å²) in [7, 11) is 0. The largest absolute Gasteiger partial charge is 0.461 e. The van der Waals surface area contributed by atoms with E-state index in [2.05, 4.69) is 24.8 Å². The van der Waals surface area contributed by atoms with Gasteiger partial charge in [-0.15, -0.1) is 0 Å². The summed E-state index contributed by atoms with van der Waals surface area (Å²) in [4.78, 5) is 14.9. The number of hydrogen-bond acceptors (Lipinski definition) is 4. The van der Waals surface area contributed by atoms with E-state index < -0.39 is 6.10 Å². The van der Waals surface area contributed by atoms with Crippen LogP contribution >= 0.6 is 0 Å². The molecule has 3 fully saturated rings. The summed E-state index contributed by atoms with van der Waals surface area (Å²) in [6.07, 6.45) is 7.18. The zero-order valence-corrected chi connectivity index (χ0v) is 14.3. The molecule has 0 aromatic carbocycles. The summed E-state index contributed by atoms with van der Waals surface area (Å²) in [6, 6.07) is 0. The monoisotopic (exact) mass is 319 g/mol. The van der Waals surface area contributed by atoms with Crippen molar-refractivity contribution in [3.63, 3.8) is 0 Å². The number of nitrogens with zero attached hydrogens (tertiary/aromatic N) is 1. The van der Waals surface area contributed by atoms with Crippen molar-refractivity contribution in [3.8, 4) is 0 Å². The fraction of sp³-hybridized carbons (Fsp3) is 0.842. The first-order valence-electron chi connectivity index (χ1n) is 9.32. The Morgan fingerprint density at radius 2 is 2.13 bits per heavy atom. The topological polar surface area (TPSA) is 49.8 Å². The van der Waals surface area contributed by atoms with Crippen molar-refractivity contribution in [2.24, 2.45) is 23.2 Å². The summed E-state index contributed by atoms with van der Waals surface area (Å²) < 4.78 is 5.72. The van der Waals surface area contributed by atoms with Gasteiger partial charge in [-0.2, -0.15) is 0 Å². The number of rotatable bonds is 2. The molecule has 1 saturated carbocycles. The number of fused-ring (bicyclic) bond motifs is 2. The molecule has 128 valence electrons. The Bertz CT molecular complexity index is 525. The third-order valence-corrected chi connectivity index (χ3v) is 7.22. The van der Waals surface area contributed by atoms with Gasteiger partial charge in [-0.3, -0.25) is 4.79 Å². The van der Waals surface area contributed by atoms with Gasteiger partial charge >= 0.3 is 5.97 Å². The van der Waals surface area contributed by atoms with Crippen LogP contribution in [0.3, 0.4) is 0 Å². The van der Waals surface area contributed by atoms with Crippen LogP contribution in [0.4, 0.5) is 0 Å². The first kappa shape index (κ1) is 15.6. The fourth-order valence-electron chi connectivity index (χ4n) is 5.52. The number of likely N-dealkylation sites (tertiary alicyclic amines) is 1. The molecule has 6 atom stereocenters. The van der Waals surface area contributed by atoms with Crippen LogP contribution in [-0.2, 0) is 9.53 Å². The van der Waals surface area contributed by atoms with Crippen molar-refractivity contribution in [3.05, 3.63) is 11.6 Å². The average Bonchev–Trinajstić information content (AvgIpc) is 3.12. The van der Waals surface area contributed by atoms with Crippen LogP contribution < -0.4 is 0 Å². The molecule has 0 bridgehead atoms. The van der Waals surface area contributed by atoms with Gasteiger partial charge in [0.15, 0.2) is 0 Å². The number of carbonyl (C=O) groups is 1. The molecule has 23 heavy (non-hydrogen) atoms. The lowest BCUT2D eigenvalue weighted by atomic mass is 9.55. The number of allylic oxidation sites excluding steroid dienone is 1. The van der Waals surface area contributed by atoms with Gasteiger partial charge in [0.25, 0.3) is 0 Å². The summed E-state index contributed by atoms with van der Waals surface area (Å²) in [6.45, 7) is 7.38. The first-order valence-corrected chi connectivity index (χ1v) is 9.32. The lowest BCUT2D eigenvalue weighted by Gasteiger charge is -2.51. The minimum Gasteiger partial charge on any atom is -0.461 e. The van der Waals surface area contributed by atoms with Crippen molar-refractivity contribution in [1.29, 1.82) is 0 Å². The molecule has 2 saturated heterocycles. The molecule has 2 aliphatic carbocycles. The van der Waals surface area contributed by atoms with Crippen LogP contribution in [0, 0.1) is 23.2 Å². The van der Waals surface area contributed by atoms with Crippen LogP contribution in [0.1, 0.15) is 46.0 Å². The van der Waals surface area contributed by atoms with E-state index in [1.807, 2.05) is 0 Å². The van der Waals surface area contributed by atoms with Gasteiger partial charge < -0.3 is 14.7 Å². The summed E-state index contributed by atoms with van der Waals surface area (Å²) in [5.74, 6) is 0.189. The Kier molecular flexibility index (Phi) is 3.80. The number of hydrogen-bond donors (Lipinski definition) is 1. The van der Waals surface area contributed by atoms with Crippen LogP contribution in [-0.4, -0.2) is 47.8 Å². The molecule has 4 rings (SSSR count). The van der Waals surface area contributed by atoms with Gasteiger partial charge in [0.2, 0.25) is 0 Å². The van der Waals surface area contributed by atoms with Crippen LogP contribution in [0.5, 0.6) is 0 Å². The molecule has 4 heteroatoms. The van der Waals surface area contributed by atoms with E-state index in [0.29, 0.717) is 5.92 Å². The molecule has 4 nitrogen and oxygen atoms in total. The van der Waals surface area contributed by atoms with Crippen LogP contribution in [0.15, 0.2) is 11.6 Å². The van der Waals surface area contributed by atoms with E-state index in [4.69, 9.17) is 4.74 Å². The highest BCUT2D eigenvalue weighted by Crippen LogP contribution is 2.56. The van der Waals surface area contributed by atoms with E-state index >= 15 is 0 Å². The Morgan fingerprint density at radius 1 is 1.39 bits per heavy atom. The Hall–Kier alpha value is -0.870. The molecule has 2 heterocycles. The molecule has 2 aliphatic heterocycles. The number of esters is 1. The highest BCUT2D eigenvalue weighted by atomic mass is 16.6. The zero-order chi connectivity index (χ0) is 16.2. The smallest absolute Gasteiger partial charge is 0.311 e. The fourth-order valence-corrected chi connectivity index (χ4v) is 5.52. The minimum absolute atomic E-state index is 0.0363. The van der Waals surface area contributed by atoms with Gasteiger partial charge in [-0.25, -0.2) is 0 Å². The van der Waals surface area contributed by atoms with Gasteiger partial charge in [0.1, 0.15) is 6.10 Å². The molecule has 6 unspecified atom stereocenters. The molecular weight excluding hydrogens is 290 g/mol. The van der Waals surface area contributed by atoms with E-state index in [-0.39, 0.29) is 29.3 Å². The average molecular weight is 319 g/mol. The number of aliphatic hydroxyl groups is 1. The second-order valence-corrected chi connectivity index (χ2v) is 8.31. The molecule has 0 radical (unpaired) electrons. The van der Waals surface area contributed by atoms with Crippen molar-refractivity contribution in [1.82, 2.24) is 4.90 Å². The van der Waals surface area contributed by atoms with Gasteiger partial charge in [0.05, 0.1) is 12.0 Å². The normalized spacial score (nSPS) is 47.0. The van der Waals surface area contributed by atoms with Crippen LogP contribution in [0.25, 0.3) is 0 Å².